The molecular formula is C21H42O4. The Morgan fingerprint density at radius 1 is 0.760 bits per heavy atom. The number of hydrogen-bond acceptors (Lipinski definition) is 3. The van der Waals surface area contributed by atoms with Gasteiger partial charge < -0.3 is 14.9 Å². The van der Waals surface area contributed by atoms with E-state index in [4.69, 9.17) is 14.9 Å². The number of aliphatic hydroxyl groups is 1. The van der Waals surface area contributed by atoms with E-state index in [0.717, 1.165) is 58.2 Å². The van der Waals surface area contributed by atoms with Gasteiger partial charge in [-0.2, -0.15) is 0 Å². The normalized spacial score (nSPS) is 12.5. The summed E-state index contributed by atoms with van der Waals surface area (Å²) in [6.07, 6.45) is 11.0. The summed E-state index contributed by atoms with van der Waals surface area (Å²) in [5.74, 6) is -0.701. The Kier molecular flexibility index (Phi) is 13.2. The molecular weight excluding hydrogens is 316 g/mol. The molecule has 0 saturated carbocycles. The van der Waals surface area contributed by atoms with E-state index in [1.807, 2.05) is 0 Å². The van der Waals surface area contributed by atoms with Gasteiger partial charge in [0.2, 0.25) is 0 Å². The third-order valence-electron chi connectivity index (χ3n) is 5.06. The Morgan fingerprint density at radius 2 is 1.20 bits per heavy atom. The maximum atomic E-state index is 10.6. The maximum Gasteiger partial charge on any atom is 0.303 e. The monoisotopic (exact) mass is 358 g/mol. The van der Waals surface area contributed by atoms with Crippen LogP contribution in [0, 0.1) is 10.8 Å². The Balaban J connectivity index is 3.51. The van der Waals surface area contributed by atoms with Gasteiger partial charge in [0.25, 0.3) is 0 Å². The van der Waals surface area contributed by atoms with E-state index in [-0.39, 0.29) is 11.8 Å². The highest BCUT2D eigenvalue weighted by atomic mass is 16.5. The summed E-state index contributed by atoms with van der Waals surface area (Å²) < 4.78 is 5.73. The van der Waals surface area contributed by atoms with Crippen LogP contribution in [-0.4, -0.2) is 36.0 Å². The quantitative estimate of drug-likeness (QED) is 0.341. The molecule has 0 aromatic rings. The van der Waals surface area contributed by atoms with Crippen LogP contribution in [0.25, 0.3) is 0 Å². The van der Waals surface area contributed by atoms with Crippen LogP contribution in [0.2, 0.25) is 0 Å². The van der Waals surface area contributed by atoms with Gasteiger partial charge in [-0.05, 0) is 55.8 Å². The van der Waals surface area contributed by atoms with Crippen molar-refractivity contribution >= 4 is 5.97 Å². The zero-order valence-corrected chi connectivity index (χ0v) is 17.1. The first-order valence-corrected chi connectivity index (χ1v) is 10.1. The van der Waals surface area contributed by atoms with Crippen LogP contribution in [0.1, 0.15) is 98.3 Å². The minimum Gasteiger partial charge on any atom is -0.481 e. The zero-order chi connectivity index (χ0) is 19.2. The highest BCUT2D eigenvalue weighted by Crippen LogP contribution is 2.30. The van der Waals surface area contributed by atoms with Gasteiger partial charge in [0.05, 0.1) is 0 Å². The molecule has 0 aliphatic heterocycles. The van der Waals surface area contributed by atoms with Crippen LogP contribution in [0.15, 0.2) is 0 Å². The number of ether oxygens (including phenoxy) is 1. The molecule has 0 radical (unpaired) electrons. The number of unbranched alkanes of at least 4 members (excludes halogenated alkanes) is 3. The molecule has 0 saturated heterocycles. The third kappa shape index (κ3) is 16.6. The van der Waals surface area contributed by atoms with Gasteiger partial charge in [-0.25, -0.2) is 0 Å². The van der Waals surface area contributed by atoms with Gasteiger partial charge in [-0.3, -0.25) is 4.79 Å². The predicted octanol–water partition coefficient (Wildman–Crippen LogP) is 5.42. The molecule has 0 atom stereocenters. The molecule has 0 aliphatic rings. The molecule has 2 N–H and O–H groups in total. The van der Waals surface area contributed by atoms with Crippen molar-refractivity contribution in [1.29, 1.82) is 0 Å². The third-order valence-corrected chi connectivity index (χ3v) is 5.06. The lowest BCUT2D eigenvalue weighted by Crippen LogP contribution is -2.14. The summed E-state index contributed by atoms with van der Waals surface area (Å²) in [7, 11) is 0. The smallest absolute Gasteiger partial charge is 0.303 e. The first-order valence-electron chi connectivity index (χ1n) is 10.1. The van der Waals surface area contributed by atoms with E-state index in [9.17, 15) is 4.79 Å². The van der Waals surface area contributed by atoms with E-state index >= 15 is 0 Å². The number of carbonyl (C=O) groups is 1. The summed E-state index contributed by atoms with van der Waals surface area (Å²) in [6, 6.07) is 0. The largest absolute Gasteiger partial charge is 0.481 e. The fourth-order valence-corrected chi connectivity index (χ4v) is 3.13. The lowest BCUT2D eigenvalue weighted by atomic mass is 9.82. The highest BCUT2D eigenvalue weighted by molar-refractivity contribution is 5.66. The minimum atomic E-state index is -0.701. The second-order valence-electron chi connectivity index (χ2n) is 8.93. The molecule has 0 rings (SSSR count). The minimum absolute atomic E-state index is 0.111. The van der Waals surface area contributed by atoms with Gasteiger partial charge in [0.15, 0.2) is 0 Å². The molecule has 150 valence electrons. The topological polar surface area (TPSA) is 66.8 Å². The van der Waals surface area contributed by atoms with Gasteiger partial charge >= 0.3 is 5.97 Å². The van der Waals surface area contributed by atoms with Crippen LogP contribution in [0.4, 0.5) is 0 Å². The number of rotatable bonds is 17. The van der Waals surface area contributed by atoms with Crippen LogP contribution >= 0.6 is 0 Å². The first kappa shape index (κ1) is 24.4. The lowest BCUT2D eigenvalue weighted by molar-refractivity contribution is -0.137. The van der Waals surface area contributed by atoms with Crippen molar-refractivity contribution in [3.05, 3.63) is 0 Å². The van der Waals surface area contributed by atoms with E-state index in [1.165, 1.54) is 19.3 Å². The predicted molar refractivity (Wildman–Crippen MR) is 104 cm³/mol. The van der Waals surface area contributed by atoms with Gasteiger partial charge in [-0.15, -0.1) is 0 Å². The van der Waals surface area contributed by atoms with E-state index in [2.05, 4.69) is 27.7 Å². The van der Waals surface area contributed by atoms with Crippen molar-refractivity contribution in [2.24, 2.45) is 10.8 Å². The van der Waals surface area contributed by atoms with Crippen molar-refractivity contribution < 1.29 is 19.7 Å². The fourth-order valence-electron chi connectivity index (χ4n) is 3.13. The molecule has 0 amide bonds. The lowest BCUT2D eigenvalue weighted by Gasteiger charge is -2.24. The van der Waals surface area contributed by atoms with Gasteiger partial charge in [0, 0.05) is 26.2 Å². The number of aliphatic carboxylic acids is 1. The molecule has 0 heterocycles. The summed E-state index contributed by atoms with van der Waals surface area (Å²) in [5.41, 5.74) is 0.483. The molecule has 0 aromatic heterocycles. The van der Waals surface area contributed by atoms with E-state index in [1.54, 1.807) is 0 Å². The van der Waals surface area contributed by atoms with Crippen molar-refractivity contribution in [2.45, 2.75) is 98.3 Å². The highest BCUT2D eigenvalue weighted by Gasteiger charge is 2.18. The average molecular weight is 359 g/mol. The zero-order valence-electron chi connectivity index (χ0n) is 17.1. The molecule has 0 spiro atoms. The molecule has 0 fully saturated rings. The average Bonchev–Trinajstić information content (AvgIpc) is 2.51. The number of aliphatic hydroxyl groups excluding tert-OH is 1. The molecule has 0 aliphatic carbocycles. The van der Waals surface area contributed by atoms with E-state index in [0.29, 0.717) is 12.0 Å². The SMILES string of the molecule is CC(C)(CCCCO)CCCCOCCCCC(C)(C)CCC(=O)O. The van der Waals surface area contributed by atoms with Crippen LogP contribution < -0.4 is 0 Å². The Labute approximate surface area is 155 Å². The number of carboxylic acids is 1. The second kappa shape index (κ2) is 13.6. The van der Waals surface area contributed by atoms with E-state index < -0.39 is 5.97 Å². The molecule has 25 heavy (non-hydrogen) atoms. The van der Waals surface area contributed by atoms with Crippen molar-refractivity contribution in [3.63, 3.8) is 0 Å². The van der Waals surface area contributed by atoms with Crippen LogP contribution in [0.3, 0.4) is 0 Å². The van der Waals surface area contributed by atoms with Crippen molar-refractivity contribution in [2.75, 3.05) is 19.8 Å². The summed E-state index contributed by atoms with van der Waals surface area (Å²) >= 11 is 0. The van der Waals surface area contributed by atoms with Crippen LogP contribution in [-0.2, 0) is 9.53 Å². The Morgan fingerprint density at radius 3 is 1.64 bits per heavy atom. The van der Waals surface area contributed by atoms with Gasteiger partial charge in [-0.1, -0.05) is 47.0 Å². The molecule has 0 aromatic carbocycles. The molecule has 0 unspecified atom stereocenters. The number of hydrogen-bond donors (Lipinski definition) is 2. The standard InChI is InChI=1S/C21H42O4/c1-20(2,12-5-8-16-22)13-6-9-17-25-18-10-7-14-21(3,4)15-11-19(23)24/h22H,5-18H2,1-4H3,(H,23,24). The maximum absolute atomic E-state index is 10.6. The van der Waals surface area contributed by atoms with Gasteiger partial charge in [0.1, 0.15) is 0 Å². The summed E-state index contributed by atoms with van der Waals surface area (Å²) in [5, 5.41) is 17.6. The Hall–Kier alpha value is -0.610. The summed E-state index contributed by atoms with van der Waals surface area (Å²) in [4.78, 5) is 10.6. The van der Waals surface area contributed by atoms with Crippen molar-refractivity contribution in [3.8, 4) is 0 Å². The summed E-state index contributed by atoms with van der Waals surface area (Å²) in [6.45, 7) is 10.9. The molecule has 0 bridgehead atoms. The Bertz CT molecular complexity index is 337. The van der Waals surface area contributed by atoms with Crippen LogP contribution in [0.5, 0.6) is 0 Å². The molecule has 4 heteroatoms. The second-order valence-corrected chi connectivity index (χ2v) is 8.93. The first-order chi connectivity index (χ1) is 11.7. The fraction of sp³-hybridized carbons (Fsp3) is 0.952. The molecule has 4 nitrogen and oxygen atoms in total. The van der Waals surface area contributed by atoms with Crippen molar-refractivity contribution in [1.82, 2.24) is 0 Å². The number of carboxylic acid groups (broad SMARTS) is 1.